The summed E-state index contributed by atoms with van der Waals surface area (Å²) in [5, 5.41) is 6.57. The Labute approximate surface area is 129 Å². The minimum Gasteiger partial charge on any atom is -0.389 e. The molecule has 0 radical (unpaired) electrons. The highest BCUT2D eigenvalue weighted by Gasteiger charge is 2.23. The molecule has 2 heterocycles. The summed E-state index contributed by atoms with van der Waals surface area (Å²) in [5.74, 6) is 0.999. The summed E-state index contributed by atoms with van der Waals surface area (Å²) < 4.78 is 1.87. The highest BCUT2D eigenvalue weighted by molar-refractivity contribution is 7.80. The van der Waals surface area contributed by atoms with E-state index in [1.54, 1.807) is 11.3 Å². The number of aromatic nitrogens is 2. The number of thiocarbonyl (C=S) groups is 1. The van der Waals surface area contributed by atoms with Crippen LogP contribution in [0.4, 0.5) is 5.82 Å². The predicted molar refractivity (Wildman–Crippen MR) is 89.5 cm³/mol. The third-order valence-electron chi connectivity index (χ3n) is 3.24. The van der Waals surface area contributed by atoms with Gasteiger partial charge in [-0.15, -0.1) is 11.3 Å². The van der Waals surface area contributed by atoms with Crippen LogP contribution in [0.5, 0.6) is 0 Å². The molecule has 0 aromatic carbocycles. The Hall–Kier alpha value is -1.40. The molecular formula is C14H20N4S2. The van der Waals surface area contributed by atoms with Gasteiger partial charge in [-0.1, -0.05) is 18.3 Å². The maximum atomic E-state index is 5.89. The molecule has 20 heavy (non-hydrogen) atoms. The van der Waals surface area contributed by atoms with E-state index in [1.165, 1.54) is 4.88 Å². The fraction of sp³-hybridized carbons (Fsp3) is 0.429. The van der Waals surface area contributed by atoms with Crippen molar-refractivity contribution in [2.75, 3.05) is 4.90 Å². The molecule has 0 aliphatic heterocycles. The molecule has 0 fully saturated rings. The summed E-state index contributed by atoms with van der Waals surface area (Å²) in [4.78, 5) is 4.01. The van der Waals surface area contributed by atoms with E-state index in [1.807, 2.05) is 18.7 Å². The first kappa shape index (κ1) is 15.0. The zero-order chi connectivity index (χ0) is 14.9. The van der Waals surface area contributed by atoms with Gasteiger partial charge in [0.2, 0.25) is 0 Å². The quantitative estimate of drug-likeness (QED) is 0.863. The van der Waals surface area contributed by atoms with Crippen molar-refractivity contribution in [1.29, 1.82) is 0 Å². The number of thiophene rings is 1. The lowest BCUT2D eigenvalue weighted by Gasteiger charge is -2.29. The van der Waals surface area contributed by atoms with Crippen molar-refractivity contribution >= 4 is 34.4 Å². The van der Waals surface area contributed by atoms with Crippen LogP contribution >= 0.6 is 23.6 Å². The lowest BCUT2D eigenvalue weighted by Crippen LogP contribution is -2.33. The van der Waals surface area contributed by atoms with Crippen molar-refractivity contribution in [3.8, 4) is 0 Å². The van der Waals surface area contributed by atoms with Gasteiger partial charge in [0.1, 0.15) is 10.8 Å². The first-order chi connectivity index (χ1) is 9.41. The maximum Gasteiger partial charge on any atom is 0.137 e. The molecule has 2 aromatic rings. The number of nitrogens with two attached hydrogens (primary N) is 1. The molecule has 108 valence electrons. The van der Waals surface area contributed by atoms with E-state index in [9.17, 15) is 0 Å². The summed E-state index contributed by atoms with van der Waals surface area (Å²) >= 11 is 6.96. The minimum absolute atomic E-state index is 0.333. The second-order valence-electron chi connectivity index (χ2n) is 5.07. The summed E-state index contributed by atoms with van der Waals surface area (Å²) in [6.45, 7) is 7.12. The molecule has 2 aromatic heterocycles. The van der Waals surface area contributed by atoms with Gasteiger partial charge in [0, 0.05) is 18.0 Å². The average molecular weight is 308 g/mol. The minimum atomic E-state index is 0.333. The number of aryl methyl sites for hydroxylation is 2. The van der Waals surface area contributed by atoms with E-state index in [0.717, 1.165) is 23.6 Å². The van der Waals surface area contributed by atoms with Gasteiger partial charge in [-0.05, 0) is 32.2 Å². The molecule has 0 bridgehead atoms. The number of anilines is 1. The van der Waals surface area contributed by atoms with Crippen LogP contribution in [0.15, 0.2) is 17.5 Å². The Kier molecular flexibility index (Phi) is 4.45. The average Bonchev–Trinajstić information content (AvgIpc) is 2.93. The first-order valence-corrected chi connectivity index (χ1v) is 7.83. The third kappa shape index (κ3) is 2.86. The van der Waals surface area contributed by atoms with Crippen molar-refractivity contribution in [3.05, 3.63) is 33.6 Å². The first-order valence-electron chi connectivity index (χ1n) is 6.54. The molecule has 0 saturated carbocycles. The summed E-state index contributed by atoms with van der Waals surface area (Å²) in [5.41, 5.74) is 7.66. The van der Waals surface area contributed by atoms with Crippen LogP contribution in [-0.2, 0) is 13.6 Å². The Morgan fingerprint density at radius 1 is 1.55 bits per heavy atom. The predicted octanol–water partition coefficient (Wildman–Crippen LogP) is 2.84. The molecule has 2 rings (SSSR count). The SMILES string of the molecule is Cc1nn(C)c(N(Cc2cccs2)C(C)C)c1C(N)=S. The highest BCUT2D eigenvalue weighted by atomic mass is 32.1. The van der Waals surface area contributed by atoms with Gasteiger partial charge >= 0.3 is 0 Å². The van der Waals surface area contributed by atoms with E-state index >= 15 is 0 Å². The monoisotopic (exact) mass is 308 g/mol. The van der Waals surface area contributed by atoms with Crippen LogP contribution in [0.3, 0.4) is 0 Å². The van der Waals surface area contributed by atoms with E-state index in [2.05, 4.69) is 41.4 Å². The van der Waals surface area contributed by atoms with Crippen molar-refractivity contribution in [2.24, 2.45) is 12.8 Å². The van der Waals surface area contributed by atoms with Crippen LogP contribution in [0, 0.1) is 6.92 Å². The third-order valence-corrected chi connectivity index (χ3v) is 4.31. The smallest absolute Gasteiger partial charge is 0.137 e. The molecule has 4 nitrogen and oxygen atoms in total. The van der Waals surface area contributed by atoms with Gasteiger partial charge in [0.25, 0.3) is 0 Å². The van der Waals surface area contributed by atoms with Crippen molar-refractivity contribution in [1.82, 2.24) is 9.78 Å². The molecule has 6 heteroatoms. The van der Waals surface area contributed by atoms with E-state index < -0.39 is 0 Å². The maximum absolute atomic E-state index is 5.89. The van der Waals surface area contributed by atoms with Crippen LogP contribution in [0.2, 0.25) is 0 Å². The number of hydrogen-bond acceptors (Lipinski definition) is 4. The van der Waals surface area contributed by atoms with E-state index in [4.69, 9.17) is 18.0 Å². The number of rotatable bonds is 5. The molecule has 0 aliphatic rings. The van der Waals surface area contributed by atoms with Gasteiger partial charge in [-0.3, -0.25) is 4.68 Å². The molecule has 2 N–H and O–H groups in total. The molecular weight excluding hydrogens is 288 g/mol. The second kappa shape index (κ2) is 5.93. The van der Waals surface area contributed by atoms with Gasteiger partial charge < -0.3 is 10.6 Å². The summed E-state index contributed by atoms with van der Waals surface area (Å²) in [6, 6.07) is 4.55. The van der Waals surface area contributed by atoms with Crippen molar-refractivity contribution in [3.63, 3.8) is 0 Å². The fourth-order valence-electron chi connectivity index (χ4n) is 2.34. The normalized spacial score (nSPS) is 11.1. The molecule has 0 unspecified atom stereocenters. The Balaban J connectivity index is 2.47. The van der Waals surface area contributed by atoms with Gasteiger partial charge in [0.15, 0.2) is 0 Å². The molecule has 0 spiro atoms. The van der Waals surface area contributed by atoms with E-state index in [-0.39, 0.29) is 0 Å². The Morgan fingerprint density at radius 3 is 2.75 bits per heavy atom. The largest absolute Gasteiger partial charge is 0.389 e. The highest BCUT2D eigenvalue weighted by Crippen LogP contribution is 2.27. The molecule has 0 atom stereocenters. The van der Waals surface area contributed by atoms with E-state index in [0.29, 0.717) is 11.0 Å². The van der Waals surface area contributed by atoms with Crippen LogP contribution in [0.25, 0.3) is 0 Å². The van der Waals surface area contributed by atoms with Crippen LogP contribution < -0.4 is 10.6 Å². The second-order valence-corrected chi connectivity index (χ2v) is 6.54. The molecule has 0 amide bonds. The van der Waals surface area contributed by atoms with Gasteiger partial charge in [-0.2, -0.15) is 5.10 Å². The zero-order valence-corrected chi connectivity index (χ0v) is 13.9. The number of hydrogen-bond donors (Lipinski definition) is 1. The summed E-state index contributed by atoms with van der Waals surface area (Å²) in [6.07, 6.45) is 0. The summed E-state index contributed by atoms with van der Waals surface area (Å²) in [7, 11) is 1.94. The van der Waals surface area contributed by atoms with Gasteiger partial charge in [-0.25, -0.2) is 0 Å². The topological polar surface area (TPSA) is 47.1 Å². The van der Waals surface area contributed by atoms with Crippen molar-refractivity contribution < 1.29 is 0 Å². The Morgan fingerprint density at radius 2 is 2.25 bits per heavy atom. The lowest BCUT2D eigenvalue weighted by atomic mass is 10.2. The van der Waals surface area contributed by atoms with Crippen LogP contribution in [-0.4, -0.2) is 20.8 Å². The number of nitrogens with zero attached hydrogens (tertiary/aromatic N) is 3. The van der Waals surface area contributed by atoms with Gasteiger partial charge in [0.05, 0.1) is 17.8 Å². The fourth-order valence-corrected chi connectivity index (χ4v) is 3.28. The standard InChI is InChI=1S/C14H20N4S2/c1-9(2)18(8-11-6-5-7-20-11)14-12(13(15)19)10(3)16-17(14)4/h5-7,9H,8H2,1-4H3,(H2,15,19). The zero-order valence-electron chi connectivity index (χ0n) is 12.3. The lowest BCUT2D eigenvalue weighted by molar-refractivity contribution is 0.637. The molecule has 0 aliphatic carbocycles. The van der Waals surface area contributed by atoms with Crippen molar-refractivity contribution in [2.45, 2.75) is 33.4 Å². The Bertz CT molecular complexity index is 599. The van der Waals surface area contributed by atoms with Crippen LogP contribution in [0.1, 0.15) is 30.0 Å². The molecule has 0 saturated heterocycles.